The fourth-order valence-corrected chi connectivity index (χ4v) is 2.67. The van der Waals surface area contributed by atoms with E-state index in [-0.39, 0.29) is 0 Å². The second kappa shape index (κ2) is 9.55. The molecule has 0 saturated carbocycles. The summed E-state index contributed by atoms with van der Waals surface area (Å²) in [6.45, 7) is 6.58. The molecule has 0 fully saturated rings. The predicted molar refractivity (Wildman–Crippen MR) is 80.0 cm³/mol. The van der Waals surface area contributed by atoms with Gasteiger partial charge in [0.2, 0.25) is 0 Å². The highest BCUT2D eigenvalue weighted by Gasteiger charge is 2.09. The van der Waals surface area contributed by atoms with E-state index in [1.54, 1.807) is 0 Å². The van der Waals surface area contributed by atoms with Gasteiger partial charge in [-0.15, -0.1) is 0 Å². The summed E-state index contributed by atoms with van der Waals surface area (Å²) in [4.78, 5) is 0. The molecule has 2 heteroatoms. The zero-order valence-electron chi connectivity index (χ0n) is 11.1. The van der Waals surface area contributed by atoms with E-state index in [1.807, 2.05) is 11.8 Å². The van der Waals surface area contributed by atoms with Crippen LogP contribution in [-0.4, -0.2) is 24.6 Å². The maximum absolute atomic E-state index is 3.48. The van der Waals surface area contributed by atoms with Gasteiger partial charge in [-0.2, -0.15) is 11.8 Å². The molecule has 17 heavy (non-hydrogen) atoms. The van der Waals surface area contributed by atoms with Gasteiger partial charge in [0.05, 0.1) is 0 Å². The topological polar surface area (TPSA) is 12.0 Å². The first-order valence-electron chi connectivity index (χ1n) is 6.71. The number of thioether (sulfide) groups is 1. The van der Waals surface area contributed by atoms with Gasteiger partial charge in [-0.1, -0.05) is 44.2 Å². The van der Waals surface area contributed by atoms with Crippen LogP contribution in [0.15, 0.2) is 30.3 Å². The molecule has 0 spiro atoms. The molecular formula is C15H25NS. The van der Waals surface area contributed by atoms with Crippen LogP contribution < -0.4 is 5.32 Å². The quantitative estimate of drug-likeness (QED) is 0.668. The first kappa shape index (κ1) is 14.6. The first-order valence-corrected chi connectivity index (χ1v) is 7.87. The van der Waals surface area contributed by atoms with Crippen molar-refractivity contribution in [2.45, 2.75) is 32.6 Å². The van der Waals surface area contributed by atoms with Crippen molar-refractivity contribution in [3.63, 3.8) is 0 Å². The van der Waals surface area contributed by atoms with E-state index < -0.39 is 0 Å². The van der Waals surface area contributed by atoms with Gasteiger partial charge in [-0.3, -0.25) is 0 Å². The summed E-state index contributed by atoms with van der Waals surface area (Å²) >= 11 is 2.05. The van der Waals surface area contributed by atoms with Crippen LogP contribution in [-0.2, 0) is 0 Å². The summed E-state index contributed by atoms with van der Waals surface area (Å²) in [7, 11) is 0. The van der Waals surface area contributed by atoms with Gasteiger partial charge < -0.3 is 5.32 Å². The molecular weight excluding hydrogens is 226 g/mol. The molecule has 0 heterocycles. The summed E-state index contributed by atoms with van der Waals surface area (Å²) in [6.07, 6.45) is 2.62. The second-order valence-electron chi connectivity index (χ2n) is 4.25. The number of likely N-dealkylation sites (N-methyl/N-ethyl adjacent to an activating group) is 1. The van der Waals surface area contributed by atoms with Crippen molar-refractivity contribution >= 4 is 11.8 Å². The van der Waals surface area contributed by atoms with Crippen molar-refractivity contribution in [3.8, 4) is 0 Å². The molecule has 1 aromatic carbocycles. The lowest BCUT2D eigenvalue weighted by atomic mass is 9.94. The molecule has 0 amide bonds. The highest BCUT2D eigenvalue weighted by molar-refractivity contribution is 7.99. The van der Waals surface area contributed by atoms with Crippen LogP contribution >= 0.6 is 11.8 Å². The van der Waals surface area contributed by atoms with E-state index in [0.29, 0.717) is 5.92 Å². The number of rotatable bonds is 9. The summed E-state index contributed by atoms with van der Waals surface area (Å²) < 4.78 is 0. The van der Waals surface area contributed by atoms with E-state index in [9.17, 15) is 0 Å². The molecule has 0 aromatic heterocycles. The van der Waals surface area contributed by atoms with Gasteiger partial charge in [-0.05, 0) is 42.4 Å². The lowest BCUT2D eigenvalue weighted by molar-refractivity contribution is 0.557. The van der Waals surface area contributed by atoms with Gasteiger partial charge in [0.15, 0.2) is 0 Å². The van der Waals surface area contributed by atoms with Crippen molar-refractivity contribution in [1.82, 2.24) is 5.32 Å². The van der Waals surface area contributed by atoms with Gasteiger partial charge in [0, 0.05) is 6.54 Å². The van der Waals surface area contributed by atoms with E-state index in [1.165, 1.54) is 29.9 Å². The van der Waals surface area contributed by atoms with Gasteiger partial charge in [0.1, 0.15) is 0 Å². The third-order valence-corrected chi connectivity index (χ3v) is 3.94. The largest absolute Gasteiger partial charge is 0.316 e. The number of nitrogens with one attached hydrogen (secondary N) is 1. The standard InChI is InChI=1S/C15H25NS/c1-3-16-13-15(11-8-12-17-4-2)14-9-6-5-7-10-14/h5-7,9-10,15-16H,3-4,8,11-13H2,1-2H3. The SMILES string of the molecule is CCNCC(CCCSCC)c1ccccc1. The van der Waals surface area contributed by atoms with E-state index in [0.717, 1.165) is 13.1 Å². The molecule has 1 unspecified atom stereocenters. The Morgan fingerprint density at radius 1 is 1.18 bits per heavy atom. The lowest BCUT2D eigenvalue weighted by Crippen LogP contribution is -2.21. The van der Waals surface area contributed by atoms with Gasteiger partial charge in [0.25, 0.3) is 0 Å². The summed E-state index contributed by atoms with van der Waals surface area (Å²) in [5.41, 5.74) is 1.48. The smallest absolute Gasteiger partial charge is 0.00200 e. The minimum absolute atomic E-state index is 0.675. The number of benzene rings is 1. The highest BCUT2D eigenvalue weighted by atomic mass is 32.2. The molecule has 1 nitrogen and oxygen atoms in total. The molecule has 1 rings (SSSR count). The van der Waals surface area contributed by atoms with E-state index in [4.69, 9.17) is 0 Å². The summed E-state index contributed by atoms with van der Waals surface area (Å²) in [6, 6.07) is 10.9. The summed E-state index contributed by atoms with van der Waals surface area (Å²) in [5.74, 6) is 3.21. The van der Waals surface area contributed by atoms with Crippen LogP contribution in [0.5, 0.6) is 0 Å². The second-order valence-corrected chi connectivity index (χ2v) is 5.65. The van der Waals surface area contributed by atoms with E-state index in [2.05, 4.69) is 49.5 Å². The number of hydrogen-bond donors (Lipinski definition) is 1. The lowest BCUT2D eigenvalue weighted by Gasteiger charge is -2.17. The highest BCUT2D eigenvalue weighted by Crippen LogP contribution is 2.21. The minimum atomic E-state index is 0.675. The Labute approximate surface area is 110 Å². The fraction of sp³-hybridized carbons (Fsp3) is 0.600. The maximum Gasteiger partial charge on any atom is 0.00200 e. The molecule has 0 radical (unpaired) electrons. The minimum Gasteiger partial charge on any atom is -0.316 e. The van der Waals surface area contributed by atoms with Crippen LogP contribution in [0.25, 0.3) is 0 Å². The molecule has 96 valence electrons. The van der Waals surface area contributed by atoms with Crippen molar-refractivity contribution in [2.24, 2.45) is 0 Å². The molecule has 1 N–H and O–H groups in total. The van der Waals surface area contributed by atoms with E-state index >= 15 is 0 Å². The third-order valence-electron chi connectivity index (χ3n) is 2.96. The van der Waals surface area contributed by atoms with Gasteiger partial charge in [-0.25, -0.2) is 0 Å². The van der Waals surface area contributed by atoms with Crippen LogP contribution in [0.2, 0.25) is 0 Å². The molecule has 1 aromatic rings. The molecule has 1 atom stereocenters. The Morgan fingerprint density at radius 3 is 2.59 bits per heavy atom. The first-order chi connectivity index (χ1) is 8.38. The Hall–Kier alpha value is -0.470. The molecule has 0 aliphatic heterocycles. The van der Waals surface area contributed by atoms with Crippen LogP contribution in [0.1, 0.15) is 38.2 Å². The Morgan fingerprint density at radius 2 is 1.94 bits per heavy atom. The van der Waals surface area contributed by atoms with Crippen LogP contribution in [0.4, 0.5) is 0 Å². The van der Waals surface area contributed by atoms with Crippen LogP contribution in [0, 0.1) is 0 Å². The van der Waals surface area contributed by atoms with Crippen molar-refractivity contribution < 1.29 is 0 Å². The zero-order chi connectivity index (χ0) is 12.3. The molecule has 0 aliphatic carbocycles. The zero-order valence-corrected chi connectivity index (χ0v) is 11.9. The Balaban J connectivity index is 2.43. The Kier molecular flexibility index (Phi) is 8.20. The monoisotopic (exact) mass is 251 g/mol. The fourth-order valence-electron chi connectivity index (χ4n) is 2.01. The van der Waals surface area contributed by atoms with Crippen LogP contribution in [0.3, 0.4) is 0 Å². The molecule has 0 saturated heterocycles. The number of hydrogen-bond acceptors (Lipinski definition) is 2. The third kappa shape index (κ3) is 6.13. The van der Waals surface area contributed by atoms with Crippen molar-refractivity contribution in [3.05, 3.63) is 35.9 Å². The predicted octanol–water partition coefficient (Wildman–Crippen LogP) is 3.91. The van der Waals surface area contributed by atoms with Crippen molar-refractivity contribution in [2.75, 3.05) is 24.6 Å². The average Bonchev–Trinajstić information content (AvgIpc) is 2.39. The summed E-state index contributed by atoms with van der Waals surface area (Å²) in [5, 5.41) is 3.48. The van der Waals surface area contributed by atoms with Crippen molar-refractivity contribution in [1.29, 1.82) is 0 Å². The Bertz CT molecular complexity index is 274. The molecule has 0 aliphatic rings. The normalized spacial score (nSPS) is 12.6. The molecule has 0 bridgehead atoms. The average molecular weight is 251 g/mol. The van der Waals surface area contributed by atoms with Gasteiger partial charge >= 0.3 is 0 Å². The maximum atomic E-state index is 3.48.